The lowest BCUT2D eigenvalue weighted by Gasteiger charge is -2.09. The summed E-state index contributed by atoms with van der Waals surface area (Å²) in [6.07, 6.45) is 0. The Kier molecular flexibility index (Phi) is 3.71. The summed E-state index contributed by atoms with van der Waals surface area (Å²) in [6, 6.07) is 3.21. The maximum Gasteiger partial charge on any atom is 0.488 e. The van der Waals surface area contributed by atoms with Gasteiger partial charge in [-0.05, 0) is 35.1 Å². The fraction of sp³-hybridized carbons (Fsp3) is 0.250. The quantitative estimate of drug-likeness (QED) is 0.281. The van der Waals surface area contributed by atoms with E-state index in [0.29, 0.717) is 22.3 Å². The average Bonchev–Trinajstić information content (AvgIpc) is 2.21. The van der Waals surface area contributed by atoms with Gasteiger partial charge in [0.2, 0.25) is 0 Å². The van der Waals surface area contributed by atoms with Crippen LogP contribution in [0.25, 0.3) is 10.4 Å². The summed E-state index contributed by atoms with van der Waals surface area (Å²) in [4.78, 5) is 2.66. The van der Waals surface area contributed by atoms with Gasteiger partial charge in [0.1, 0.15) is 0 Å². The molecule has 1 aromatic carbocycles. The molecule has 6 nitrogen and oxygen atoms in total. The van der Waals surface area contributed by atoms with Gasteiger partial charge >= 0.3 is 7.12 Å². The minimum absolute atomic E-state index is 0.244. The zero-order valence-electron chi connectivity index (χ0n) is 8.25. The lowest BCUT2D eigenvalue weighted by atomic mass is 9.76. The van der Waals surface area contributed by atoms with Crippen LogP contribution in [0, 0.1) is 6.92 Å². The second-order valence-electron chi connectivity index (χ2n) is 3.10. The Morgan fingerprint density at radius 2 is 2.20 bits per heavy atom. The van der Waals surface area contributed by atoms with Gasteiger partial charge in [-0.1, -0.05) is 11.2 Å². The van der Waals surface area contributed by atoms with Gasteiger partial charge in [0.25, 0.3) is 0 Å². The summed E-state index contributed by atoms with van der Waals surface area (Å²) < 4.78 is 0. The molecule has 0 aliphatic rings. The molecule has 0 heterocycles. The van der Waals surface area contributed by atoms with Crippen LogP contribution in [0.1, 0.15) is 11.1 Å². The largest absolute Gasteiger partial charge is 0.488 e. The van der Waals surface area contributed by atoms with Crippen LogP contribution in [-0.2, 0) is 6.54 Å². The van der Waals surface area contributed by atoms with Crippen molar-refractivity contribution >= 4 is 18.3 Å². The lowest BCUT2D eigenvalue weighted by Crippen LogP contribution is -2.32. The highest BCUT2D eigenvalue weighted by atomic mass is 16.4. The molecule has 0 spiro atoms. The van der Waals surface area contributed by atoms with E-state index in [9.17, 15) is 0 Å². The molecule has 0 atom stereocenters. The van der Waals surface area contributed by atoms with E-state index >= 15 is 0 Å². The van der Waals surface area contributed by atoms with E-state index in [-0.39, 0.29) is 6.54 Å². The SMILES string of the molecule is Cc1c(N=[N+]=[N-])cc(CN)cc1B(O)O. The fourth-order valence-corrected chi connectivity index (χ4v) is 1.32. The number of nitrogens with zero attached hydrogens (tertiary/aromatic N) is 3. The molecule has 78 valence electrons. The second-order valence-corrected chi connectivity index (χ2v) is 3.10. The van der Waals surface area contributed by atoms with Gasteiger partial charge in [0, 0.05) is 17.1 Å². The Balaban J connectivity index is 3.39. The normalized spacial score (nSPS) is 9.60. The van der Waals surface area contributed by atoms with Crippen molar-refractivity contribution in [3.63, 3.8) is 0 Å². The number of hydrogen-bond acceptors (Lipinski definition) is 4. The van der Waals surface area contributed by atoms with E-state index in [0.717, 1.165) is 0 Å². The molecule has 7 heteroatoms. The first-order chi connectivity index (χ1) is 7.10. The standard InChI is InChI=1S/C8H11BN4O2/c1-5-7(9(14)15)2-6(4-10)3-8(5)12-13-11/h2-3,14-15H,4,10H2,1H3. The molecule has 1 aromatic rings. The van der Waals surface area contributed by atoms with E-state index < -0.39 is 7.12 Å². The maximum atomic E-state index is 9.10. The van der Waals surface area contributed by atoms with Crippen LogP contribution in [0.15, 0.2) is 17.2 Å². The van der Waals surface area contributed by atoms with E-state index in [1.807, 2.05) is 0 Å². The van der Waals surface area contributed by atoms with Crippen molar-refractivity contribution in [1.82, 2.24) is 0 Å². The first kappa shape index (κ1) is 11.5. The molecule has 0 bridgehead atoms. The highest BCUT2D eigenvalue weighted by Gasteiger charge is 2.16. The summed E-state index contributed by atoms with van der Waals surface area (Å²) in [5.41, 5.74) is 15.7. The van der Waals surface area contributed by atoms with Crippen LogP contribution in [0.4, 0.5) is 5.69 Å². The molecule has 4 N–H and O–H groups in total. The number of nitrogens with two attached hydrogens (primary N) is 1. The Labute approximate surface area is 87.1 Å². The third-order valence-corrected chi connectivity index (χ3v) is 2.15. The first-order valence-electron chi connectivity index (χ1n) is 4.35. The van der Waals surface area contributed by atoms with Crippen LogP contribution in [0.5, 0.6) is 0 Å². The van der Waals surface area contributed by atoms with Crippen LogP contribution < -0.4 is 11.2 Å². The van der Waals surface area contributed by atoms with Gasteiger partial charge in [0.15, 0.2) is 0 Å². The van der Waals surface area contributed by atoms with E-state index in [1.165, 1.54) is 0 Å². The third-order valence-electron chi connectivity index (χ3n) is 2.15. The van der Waals surface area contributed by atoms with Crippen LogP contribution >= 0.6 is 0 Å². The van der Waals surface area contributed by atoms with Gasteiger partial charge in [-0.15, -0.1) is 0 Å². The molecule has 0 saturated carbocycles. The summed E-state index contributed by atoms with van der Waals surface area (Å²) in [5, 5.41) is 21.7. The topological polar surface area (TPSA) is 115 Å². The van der Waals surface area contributed by atoms with Gasteiger partial charge in [-0.2, -0.15) is 0 Å². The zero-order valence-corrected chi connectivity index (χ0v) is 8.25. The number of azide groups is 1. The van der Waals surface area contributed by atoms with Gasteiger partial charge in [-0.25, -0.2) is 0 Å². The van der Waals surface area contributed by atoms with Crippen molar-refractivity contribution in [3.8, 4) is 0 Å². The molecule has 0 aliphatic heterocycles. The number of benzene rings is 1. The molecule has 15 heavy (non-hydrogen) atoms. The number of hydrogen-bond donors (Lipinski definition) is 3. The van der Waals surface area contributed by atoms with E-state index in [4.69, 9.17) is 21.3 Å². The van der Waals surface area contributed by atoms with Crippen molar-refractivity contribution in [2.24, 2.45) is 10.8 Å². The molecule has 0 radical (unpaired) electrons. The van der Waals surface area contributed by atoms with Crippen molar-refractivity contribution < 1.29 is 10.0 Å². The third kappa shape index (κ3) is 2.48. The Morgan fingerprint density at radius 1 is 1.53 bits per heavy atom. The molecular weight excluding hydrogens is 195 g/mol. The molecule has 0 unspecified atom stereocenters. The van der Waals surface area contributed by atoms with Crippen molar-refractivity contribution in [1.29, 1.82) is 0 Å². The summed E-state index contributed by atoms with van der Waals surface area (Å²) in [5.74, 6) is 0. The monoisotopic (exact) mass is 206 g/mol. The van der Waals surface area contributed by atoms with Crippen molar-refractivity contribution in [2.75, 3.05) is 0 Å². The van der Waals surface area contributed by atoms with Gasteiger partial charge < -0.3 is 15.8 Å². The van der Waals surface area contributed by atoms with Crippen molar-refractivity contribution in [3.05, 3.63) is 33.7 Å². The highest BCUT2D eigenvalue weighted by Crippen LogP contribution is 2.19. The predicted octanol–water partition coefficient (Wildman–Crippen LogP) is 0.0753. The van der Waals surface area contributed by atoms with Crippen LogP contribution in [-0.4, -0.2) is 17.2 Å². The highest BCUT2D eigenvalue weighted by molar-refractivity contribution is 6.59. The molecule has 0 aromatic heterocycles. The van der Waals surface area contributed by atoms with Gasteiger partial charge in [0.05, 0.1) is 0 Å². The fourth-order valence-electron chi connectivity index (χ4n) is 1.32. The minimum Gasteiger partial charge on any atom is -0.423 e. The summed E-state index contributed by atoms with van der Waals surface area (Å²) >= 11 is 0. The Hall–Kier alpha value is -1.53. The molecular formula is C8H11BN4O2. The maximum absolute atomic E-state index is 9.10. The summed E-state index contributed by atoms with van der Waals surface area (Å²) in [7, 11) is -1.59. The lowest BCUT2D eigenvalue weighted by molar-refractivity contribution is 0.425. The molecule has 0 aliphatic carbocycles. The molecule has 0 saturated heterocycles. The Bertz CT molecular complexity index is 415. The smallest absolute Gasteiger partial charge is 0.423 e. The molecule has 0 fully saturated rings. The molecule has 1 rings (SSSR count). The average molecular weight is 206 g/mol. The number of rotatable bonds is 3. The Morgan fingerprint density at radius 3 is 2.67 bits per heavy atom. The van der Waals surface area contributed by atoms with Crippen molar-refractivity contribution in [2.45, 2.75) is 13.5 Å². The zero-order chi connectivity index (χ0) is 11.4. The van der Waals surface area contributed by atoms with Crippen LogP contribution in [0.3, 0.4) is 0 Å². The summed E-state index contributed by atoms with van der Waals surface area (Å²) in [6.45, 7) is 1.90. The predicted molar refractivity (Wildman–Crippen MR) is 57.7 cm³/mol. The van der Waals surface area contributed by atoms with E-state index in [1.54, 1.807) is 19.1 Å². The molecule has 0 amide bonds. The second kappa shape index (κ2) is 4.81. The van der Waals surface area contributed by atoms with E-state index in [2.05, 4.69) is 10.0 Å². The van der Waals surface area contributed by atoms with Crippen LogP contribution in [0.2, 0.25) is 0 Å². The minimum atomic E-state index is -1.59. The van der Waals surface area contributed by atoms with Gasteiger partial charge in [-0.3, -0.25) is 0 Å². The first-order valence-corrected chi connectivity index (χ1v) is 4.35.